The number of fused-ring (bicyclic) bond motifs is 1. The number of hydrogen-bond donors (Lipinski definition) is 1. The number of rotatable bonds is 3. The minimum Gasteiger partial charge on any atom is -0.364 e. The average molecular weight is 263 g/mol. The second-order valence-corrected chi connectivity index (χ2v) is 4.99. The van der Waals surface area contributed by atoms with Gasteiger partial charge < -0.3 is 5.32 Å². The Labute approximate surface area is 118 Å². The fourth-order valence-corrected chi connectivity index (χ4v) is 2.15. The quantitative estimate of drug-likeness (QED) is 0.779. The molecule has 0 aliphatic carbocycles. The van der Waals surface area contributed by atoms with Crippen LogP contribution in [0.15, 0.2) is 48.5 Å². The van der Waals surface area contributed by atoms with Crippen molar-refractivity contribution in [3.05, 3.63) is 65.4 Å². The van der Waals surface area contributed by atoms with E-state index in [0.717, 1.165) is 29.1 Å². The fraction of sp³-hybridized carbons (Fsp3) is 0.176. The van der Waals surface area contributed by atoms with E-state index in [0.29, 0.717) is 0 Å². The molecule has 0 aliphatic rings. The van der Waals surface area contributed by atoms with E-state index < -0.39 is 0 Å². The van der Waals surface area contributed by atoms with Crippen LogP contribution in [-0.2, 0) is 6.54 Å². The van der Waals surface area contributed by atoms with Crippen molar-refractivity contribution < 1.29 is 0 Å². The van der Waals surface area contributed by atoms with E-state index in [1.165, 1.54) is 11.1 Å². The molecule has 0 spiro atoms. The number of aromatic nitrogens is 2. The van der Waals surface area contributed by atoms with E-state index in [9.17, 15) is 0 Å². The predicted molar refractivity (Wildman–Crippen MR) is 82.8 cm³/mol. The molecule has 1 heterocycles. The van der Waals surface area contributed by atoms with Crippen LogP contribution in [0.4, 0.5) is 5.82 Å². The van der Waals surface area contributed by atoms with Gasteiger partial charge in [0.2, 0.25) is 0 Å². The average Bonchev–Trinajstić information content (AvgIpc) is 2.47. The maximum atomic E-state index is 4.63. The van der Waals surface area contributed by atoms with Crippen molar-refractivity contribution in [2.45, 2.75) is 20.4 Å². The van der Waals surface area contributed by atoms with E-state index in [-0.39, 0.29) is 0 Å². The van der Waals surface area contributed by atoms with Gasteiger partial charge in [-0.3, -0.25) is 0 Å². The molecule has 100 valence electrons. The van der Waals surface area contributed by atoms with Crippen molar-refractivity contribution in [3.8, 4) is 0 Å². The largest absolute Gasteiger partial charge is 0.364 e. The van der Waals surface area contributed by atoms with Gasteiger partial charge in [-0.25, -0.2) is 9.97 Å². The molecule has 0 fully saturated rings. The van der Waals surface area contributed by atoms with Crippen molar-refractivity contribution >= 4 is 16.9 Å². The highest BCUT2D eigenvalue weighted by molar-refractivity contribution is 5.76. The standard InChI is InChI=1S/C17H17N3/c1-12-7-9-14(10-8-12)11-18-17-13(2)19-15-5-3-4-6-16(15)20-17/h3-10H,11H2,1-2H3,(H,18,20). The minimum absolute atomic E-state index is 0.758. The normalized spacial score (nSPS) is 10.7. The summed E-state index contributed by atoms with van der Waals surface area (Å²) in [7, 11) is 0. The molecule has 0 unspecified atom stereocenters. The Morgan fingerprint density at radius 1 is 0.850 bits per heavy atom. The number of para-hydroxylation sites is 2. The number of hydrogen-bond acceptors (Lipinski definition) is 3. The Morgan fingerprint density at radius 3 is 2.20 bits per heavy atom. The molecule has 0 saturated heterocycles. The Morgan fingerprint density at radius 2 is 1.50 bits per heavy atom. The highest BCUT2D eigenvalue weighted by Crippen LogP contribution is 2.16. The molecule has 1 aromatic heterocycles. The molecule has 3 aromatic rings. The molecule has 3 heteroatoms. The van der Waals surface area contributed by atoms with Gasteiger partial charge in [-0.05, 0) is 31.5 Å². The minimum atomic E-state index is 0.758. The van der Waals surface area contributed by atoms with Crippen LogP contribution in [0.25, 0.3) is 11.0 Å². The molecule has 0 amide bonds. The monoisotopic (exact) mass is 263 g/mol. The van der Waals surface area contributed by atoms with Gasteiger partial charge in [0.05, 0.1) is 16.7 Å². The number of aryl methyl sites for hydroxylation is 2. The molecule has 0 radical (unpaired) electrons. The van der Waals surface area contributed by atoms with Crippen molar-refractivity contribution in [3.63, 3.8) is 0 Å². The van der Waals surface area contributed by atoms with Crippen LogP contribution < -0.4 is 5.32 Å². The molecule has 2 aromatic carbocycles. The van der Waals surface area contributed by atoms with E-state index >= 15 is 0 Å². The van der Waals surface area contributed by atoms with Crippen LogP contribution >= 0.6 is 0 Å². The van der Waals surface area contributed by atoms with Crippen molar-refractivity contribution in [2.24, 2.45) is 0 Å². The Bertz CT molecular complexity index is 733. The van der Waals surface area contributed by atoms with E-state index in [4.69, 9.17) is 0 Å². The van der Waals surface area contributed by atoms with E-state index in [2.05, 4.69) is 46.5 Å². The summed E-state index contributed by atoms with van der Waals surface area (Å²) < 4.78 is 0. The maximum Gasteiger partial charge on any atom is 0.148 e. The molecule has 3 rings (SSSR count). The summed E-state index contributed by atoms with van der Waals surface area (Å²) in [5, 5.41) is 3.37. The van der Waals surface area contributed by atoms with Gasteiger partial charge in [0, 0.05) is 6.54 Å². The summed E-state index contributed by atoms with van der Waals surface area (Å²) in [6, 6.07) is 16.4. The van der Waals surface area contributed by atoms with Crippen LogP contribution in [0, 0.1) is 13.8 Å². The molecule has 0 saturated carbocycles. The second kappa shape index (κ2) is 5.29. The number of nitrogens with zero attached hydrogens (tertiary/aromatic N) is 2. The molecule has 0 bridgehead atoms. The lowest BCUT2D eigenvalue weighted by Crippen LogP contribution is -2.04. The summed E-state index contributed by atoms with van der Waals surface area (Å²) in [5.41, 5.74) is 5.30. The van der Waals surface area contributed by atoms with Crippen LogP contribution in [0.1, 0.15) is 16.8 Å². The molecular weight excluding hydrogens is 246 g/mol. The first-order valence-corrected chi connectivity index (χ1v) is 6.75. The zero-order valence-electron chi connectivity index (χ0n) is 11.7. The number of benzene rings is 2. The first-order chi connectivity index (χ1) is 9.72. The Kier molecular flexibility index (Phi) is 3.33. The lowest BCUT2D eigenvalue weighted by atomic mass is 10.1. The Balaban J connectivity index is 1.83. The van der Waals surface area contributed by atoms with E-state index in [1.54, 1.807) is 0 Å². The first kappa shape index (κ1) is 12.6. The topological polar surface area (TPSA) is 37.8 Å². The van der Waals surface area contributed by atoms with Gasteiger partial charge in [0.25, 0.3) is 0 Å². The van der Waals surface area contributed by atoms with Gasteiger partial charge in [-0.15, -0.1) is 0 Å². The zero-order valence-corrected chi connectivity index (χ0v) is 11.7. The highest BCUT2D eigenvalue weighted by atomic mass is 15.0. The van der Waals surface area contributed by atoms with Crippen LogP contribution in [0.2, 0.25) is 0 Å². The third-order valence-corrected chi connectivity index (χ3v) is 3.33. The lowest BCUT2D eigenvalue weighted by molar-refractivity contribution is 1.08. The molecule has 0 atom stereocenters. The predicted octanol–water partition coefficient (Wildman–Crippen LogP) is 3.86. The molecular formula is C17H17N3. The fourth-order valence-electron chi connectivity index (χ4n) is 2.15. The molecule has 20 heavy (non-hydrogen) atoms. The van der Waals surface area contributed by atoms with Gasteiger partial charge in [-0.1, -0.05) is 42.0 Å². The maximum absolute atomic E-state index is 4.63. The van der Waals surface area contributed by atoms with Crippen LogP contribution in [0.3, 0.4) is 0 Å². The second-order valence-electron chi connectivity index (χ2n) is 4.99. The summed E-state index contributed by atoms with van der Waals surface area (Å²) in [6.07, 6.45) is 0. The molecule has 0 aliphatic heterocycles. The number of anilines is 1. The molecule has 3 nitrogen and oxygen atoms in total. The smallest absolute Gasteiger partial charge is 0.148 e. The third-order valence-electron chi connectivity index (χ3n) is 3.33. The summed E-state index contributed by atoms with van der Waals surface area (Å²) in [4.78, 5) is 9.21. The third kappa shape index (κ3) is 2.62. The zero-order chi connectivity index (χ0) is 13.9. The van der Waals surface area contributed by atoms with Gasteiger partial charge in [0.15, 0.2) is 0 Å². The summed E-state index contributed by atoms with van der Waals surface area (Å²) in [5.74, 6) is 0.851. The van der Waals surface area contributed by atoms with Crippen molar-refractivity contribution in [1.29, 1.82) is 0 Å². The van der Waals surface area contributed by atoms with Crippen molar-refractivity contribution in [1.82, 2.24) is 9.97 Å². The SMILES string of the molecule is Cc1ccc(CNc2nc3ccccc3nc2C)cc1. The van der Waals surface area contributed by atoms with Crippen LogP contribution in [0.5, 0.6) is 0 Å². The first-order valence-electron chi connectivity index (χ1n) is 6.75. The Hall–Kier alpha value is -2.42. The highest BCUT2D eigenvalue weighted by Gasteiger charge is 2.04. The molecule has 1 N–H and O–H groups in total. The summed E-state index contributed by atoms with van der Waals surface area (Å²) >= 11 is 0. The van der Waals surface area contributed by atoms with Gasteiger partial charge in [0.1, 0.15) is 5.82 Å². The lowest BCUT2D eigenvalue weighted by Gasteiger charge is -2.09. The van der Waals surface area contributed by atoms with Gasteiger partial charge in [-0.2, -0.15) is 0 Å². The van der Waals surface area contributed by atoms with E-state index in [1.807, 2.05) is 31.2 Å². The number of nitrogens with one attached hydrogen (secondary N) is 1. The van der Waals surface area contributed by atoms with Crippen LogP contribution in [-0.4, -0.2) is 9.97 Å². The summed E-state index contributed by atoms with van der Waals surface area (Å²) in [6.45, 7) is 4.83. The van der Waals surface area contributed by atoms with Crippen molar-refractivity contribution in [2.75, 3.05) is 5.32 Å². The van der Waals surface area contributed by atoms with Gasteiger partial charge >= 0.3 is 0 Å².